The number of rotatable bonds is 3. The zero-order valence-electron chi connectivity index (χ0n) is 7.93. The van der Waals surface area contributed by atoms with Gasteiger partial charge in [0.1, 0.15) is 0 Å². The Kier molecular flexibility index (Phi) is 4.66. The molecule has 1 rings (SSSR count). The highest BCUT2D eigenvalue weighted by Crippen LogP contribution is 2.24. The Balaban J connectivity index is 2.97. The molecule has 0 aliphatic carbocycles. The summed E-state index contributed by atoms with van der Waals surface area (Å²) >= 11 is 9.22. The number of aliphatic hydroxyl groups excluding tert-OH is 1. The van der Waals surface area contributed by atoms with Crippen molar-refractivity contribution in [1.29, 1.82) is 0 Å². The maximum absolute atomic E-state index is 9.01. The molecule has 0 spiro atoms. The van der Waals surface area contributed by atoms with Crippen LogP contribution >= 0.6 is 27.5 Å². The van der Waals surface area contributed by atoms with Crippen LogP contribution in [0.25, 0.3) is 6.08 Å². The summed E-state index contributed by atoms with van der Waals surface area (Å²) in [5.41, 5.74) is 2.06. The third-order valence-electron chi connectivity index (χ3n) is 1.97. The summed E-state index contributed by atoms with van der Waals surface area (Å²) in [6, 6.07) is 5.70. The van der Waals surface area contributed by atoms with Crippen LogP contribution in [0.15, 0.2) is 28.2 Å². The van der Waals surface area contributed by atoms with Gasteiger partial charge in [0.2, 0.25) is 0 Å². The third kappa shape index (κ3) is 3.12. The molecule has 0 aliphatic rings. The molecule has 0 unspecified atom stereocenters. The molecule has 0 heterocycles. The van der Waals surface area contributed by atoms with Gasteiger partial charge in [0.15, 0.2) is 0 Å². The molecule has 76 valence electrons. The molecule has 0 aromatic heterocycles. The van der Waals surface area contributed by atoms with Gasteiger partial charge in [-0.3, -0.25) is 0 Å². The van der Waals surface area contributed by atoms with E-state index in [0.717, 1.165) is 22.0 Å². The minimum absolute atomic E-state index is 0.108. The lowest BCUT2D eigenvalue weighted by atomic mass is 10.1. The standard InChI is InChI=1S/C11H12BrClO/c1-2-8(7-14)5-9-3-4-11(13)10(12)6-9/h3-6,14H,2,7H2,1H3/b8-5-. The smallest absolute Gasteiger partial charge is 0.0644 e. The van der Waals surface area contributed by atoms with Gasteiger partial charge in [-0.2, -0.15) is 0 Å². The molecule has 0 saturated carbocycles. The summed E-state index contributed by atoms with van der Waals surface area (Å²) in [6.45, 7) is 2.13. The molecule has 0 saturated heterocycles. The Morgan fingerprint density at radius 2 is 2.29 bits per heavy atom. The summed E-state index contributed by atoms with van der Waals surface area (Å²) < 4.78 is 0.876. The van der Waals surface area contributed by atoms with E-state index < -0.39 is 0 Å². The molecule has 0 amide bonds. The van der Waals surface area contributed by atoms with Crippen LogP contribution in [0.1, 0.15) is 18.9 Å². The Morgan fingerprint density at radius 3 is 2.79 bits per heavy atom. The molecule has 0 aliphatic heterocycles. The van der Waals surface area contributed by atoms with Crippen LogP contribution < -0.4 is 0 Å². The van der Waals surface area contributed by atoms with Crippen LogP contribution in [0.5, 0.6) is 0 Å². The van der Waals surface area contributed by atoms with Crippen LogP contribution in [0, 0.1) is 0 Å². The van der Waals surface area contributed by atoms with Gasteiger partial charge in [0.25, 0.3) is 0 Å². The Morgan fingerprint density at radius 1 is 1.57 bits per heavy atom. The van der Waals surface area contributed by atoms with Crippen LogP contribution in [-0.2, 0) is 0 Å². The fourth-order valence-electron chi connectivity index (χ4n) is 1.10. The van der Waals surface area contributed by atoms with E-state index in [4.69, 9.17) is 16.7 Å². The van der Waals surface area contributed by atoms with Crippen molar-refractivity contribution in [3.8, 4) is 0 Å². The minimum Gasteiger partial charge on any atom is -0.392 e. The first-order valence-electron chi connectivity index (χ1n) is 4.42. The summed E-state index contributed by atoms with van der Waals surface area (Å²) in [6.07, 6.45) is 2.83. The highest BCUT2D eigenvalue weighted by molar-refractivity contribution is 9.10. The highest BCUT2D eigenvalue weighted by Gasteiger charge is 1.98. The van der Waals surface area contributed by atoms with Gasteiger partial charge < -0.3 is 5.11 Å². The second-order valence-corrected chi connectivity index (χ2v) is 4.25. The lowest BCUT2D eigenvalue weighted by Crippen LogP contribution is -1.87. The molecular formula is C11H12BrClO. The van der Waals surface area contributed by atoms with Gasteiger partial charge >= 0.3 is 0 Å². The molecule has 14 heavy (non-hydrogen) atoms. The van der Waals surface area contributed by atoms with Crippen molar-refractivity contribution in [2.75, 3.05) is 6.61 Å². The van der Waals surface area contributed by atoms with Gasteiger partial charge in [-0.25, -0.2) is 0 Å². The van der Waals surface area contributed by atoms with E-state index in [1.165, 1.54) is 0 Å². The number of hydrogen-bond donors (Lipinski definition) is 1. The number of halogens is 2. The molecule has 0 atom stereocenters. The first-order valence-corrected chi connectivity index (χ1v) is 5.59. The molecule has 0 radical (unpaired) electrons. The van der Waals surface area contributed by atoms with Crippen molar-refractivity contribution in [3.63, 3.8) is 0 Å². The van der Waals surface area contributed by atoms with Crippen molar-refractivity contribution >= 4 is 33.6 Å². The third-order valence-corrected chi connectivity index (χ3v) is 3.19. The summed E-state index contributed by atoms with van der Waals surface area (Å²) in [5.74, 6) is 0. The van der Waals surface area contributed by atoms with Crippen LogP contribution in [0.3, 0.4) is 0 Å². The normalized spacial score (nSPS) is 11.9. The van der Waals surface area contributed by atoms with E-state index in [0.29, 0.717) is 5.02 Å². The fraction of sp³-hybridized carbons (Fsp3) is 0.273. The Hall–Kier alpha value is -0.310. The molecule has 3 heteroatoms. The zero-order valence-corrected chi connectivity index (χ0v) is 10.3. The second kappa shape index (κ2) is 5.54. The monoisotopic (exact) mass is 274 g/mol. The summed E-state index contributed by atoms with van der Waals surface area (Å²) in [4.78, 5) is 0. The van der Waals surface area contributed by atoms with Crippen LogP contribution in [-0.4, -0.2) is 11.7 Å². The quantitative estimate of drug-likeness (QED) is 0.887. The Bertz CT molecular complexity index is 341. The van der Waals surface area contributed by atoms with E-state index in [1.807, 2.05) is 31.2 Å². The van der Waals surface area contributed by atoms with E-state index in [-0.39, 0.29) is 6.61 Å². The number of hydrogen-bond acceptors (Lipinski definition) is 1. The Labute approximate surface area is 97.5 Å². The van der Waals surface area contributed by atoms with E-state index >= 15 is 0 Å². The lowest BCUT2D eigenvalue weighted by molar-refractivity contribution is 0.329. The molecular weight excluding hydrogens is 263 g/mol. The molecule has 0 bridgehead atoms. The van der Waals surface area contributed by atoms with Crippen molar-refractivity contribution < 1.29 is 5.11 Å². The fourth-order valence-corrected chi connectivity index (χ4v) is 1.61. The summed E-state index contributed by atoms with van der Waals surface area (Å²) in [5, 5.41) is 9.70. The number of aliphatic hydroxyl groups is 1. The average Bonchev–Trinajstić information content (AvgIpc) is 2.19. The van der Waals surface area contributed by atoms with Gasteiger partial charge in [0, 0.05) is 4.47 Å². The van der Waals surface area contributed by atoms with Gasteiger partial charge in [-0.05, 0) is 45.6 Å². The second-order valence-electron chi connectivity index (χ2n) is 2.99. The SMILES string of the molecule is CC/C(=C/c1ccc(Cl)c(Br)c1)CO. The topological polar surface area (TPSA) is 20.2 Å². The van der Waals surface area contributed by atoms with Gasteiger partial charge in [0.05, 0.1) is 11.6 Å². The largest absolute Gasteiger partial charge is 0.392 e. The predicted octanol–water partition coefficient (Wildman–Crippen LogP) is 3.89. The zero-order chi connectivity index (χ0) is 10.6. The highest BCUT2D eigenvalue weighted by atomic mass is 79.9. The van der Waals surface area contributed by atoms with Crippen molar-refractivity contribution in [2.24, 2.45) is 0 Å². The molecule has 1 N–H and O–H groups in total. The van der Waals surface area contributed by atoms with Gasteiger partial charge in [-0.1, -0.05) is 30.7 Å². The predicted molar refractivity (Wildman–Crippen MR) is 64.5 cm³/mol. The van der Waals surface area contributed by atoms with Crippen LogP contribution in [0.4, 0.5) is 0 Å². The number of benzene rings is 1. The van der Waals surface area contributed by atoms with E-state index in [9.17, 15) is 0 Å². The van der Waals surface area contributed by atoms with Crippen LogP contribution in [0.2, 0.25) is 5.02 Å². The van der Waals surface area contributed by atoms with Crippen molar-refractivity contribution in [2.45, 2.75) is 13.3 Å². The molecule has 1 nitrogen and oxygen atoms in total. The first kappa shape index (κ1) is 11.8. The van der Waals surface area contributed by atoms with Gasteiger partial charge in [-0.15, -0.1) is 0 Å². The van der Waals surface area contributed by atoms with E-state index in [1.54, 1.807) is 0 Å². The molecule has 1 aromatic carbocycles. The first-order chi connectivity index (χ1) is 6.67. The molecule has 0 fully saturated rings. The lowest BCUT2D eigenvalue weighted by Gasteiger charge is -2.01. The van der Waals surface area contributed by atoms with Crippen molar-refractivity contribution in [3.05, 3.63) is 38.8 Å². The summed E-state index contributed by atoms with van der Waals surface area (Å²) in [7, 11) is 0. The van der Waals surface area contributed by atoms with Crippen molar-refractivity contribution in [1.82, 2.24) is 0 Å². The minimum atomic E-state index is 0.108. The van der Waals surface area contributed by atoms with E-state index in [2.05, 4.69) is 15.9 Å². The average molecular weight is 276 g/mol. The maximum atomic E-state index is 9.01. The maximum Gasteiger partial charge on any atom is 0.0644 e. The molecule has 1 aromatic rings.